The van der Waals surface area contributed by atoms with Crippen molar-refractivity contribution >= 4 is 22.9 Å². The van der Waals surface area contributed by atoms with Crippen LogP contribution in [0.25, 0.3) is 10.6 Å². The Morgan fingerprint density at radius 2 is 2.16 bits per heavy atom. The van der Waals surface area contributed by atoms with Crippen molar-refractivity contribution in [2.75, 3.05) is 6.54 Å². The number of hydrogen-bond donors (Lipinski definition) is 1. The van der Waals surface area contributed by atoms with E-state index in [1.807, 2.05) is 0 Å². The van der Waals surface area contributed by atoms with Gasteiger partial charge in [-0.05, 0) is 18.5 Å². The highest BCUT2D eigenvalue weighted by Gasteiger charge is 2.12. The molecule has 0 aliphatic rings. The van der Waals surface area contributed by atoms with Crippen molar-refractivity contribution in [2.24, 2.45) is 5.92 Å². The lowest BCUT2D eigenvalue weighted by atomic mass is 10.2. The Bertz CT molecular complexity index is 557. The van der Waals surface area contributed by atoms with Gasteiger partial charge in [0, 0.05) is 12.1 Å². The van der Waals surface area contributed by atoms with Crippen LogP contribution >= 0.6 is 22.9 Å². The van der Waals surface area contributed by atoms with Crippen LogP contribution in [0.3, 0.4) is 0 Å². The standard InChI is InChI=1S/C13H15ClFN3S/c1-8(2)6-16-7-11-17-18-13(19-11)9-4-3-5-10(15)12(9)14/h3-5,8,16H,6-7H2,1-2H3. The van der Waals surface area contributed by atoms with Crippen LogP contribution in [0.15, 0.2) is 18.2 Å². The predicted octanol–water partition coefficient (Wildman–Crippen LogP) is 3.74. The average Bonchev–Trinajstić information content (AvgIpc) is 2.81. The van der Waals surface area contributed by atoms with Crippen LogP contribution in [0, 0.1) is 11.7 Å². The van der Waals surface area contributed by atoms with Gasteiger partial charge in [0.15, 0.2) is 0 Å². The minimum absolute atomic E-state index is 0.0975. The second-order valence-electron chi connectivity index (χ2n) is 4.63. The Hall–Kier alpha value is -1.04. The zero-order valence-electron chi connectivity index (χ0n) is 10.8. The third-order valence-electron chi connectivity index (χ3n) is 2.48. The first-order valence-electron chi connectivity index (χ1n) is 6.05. The zero-order chi connectivity index (χ0) is 13.8. The summed E-state index contributed by atoms with van der Waals surface area (Å²) < 4.78 is 13.4. The second kappa shape index (κ2) is 6.41. The van der Waals surface area contributed by atoms with Crippen molar-refractivity contribution in [3.8, 4) is 10.6 Å². The molecule has 1 aromatic heterocycles. The van der Waals surface area contributed by atoms with Crippen LogP contribution in [-0.4, -0.2) is 16.7 Å². The number of benzene rings is 1. The van der Waals surface area contributed by atoms with Gasteiger partial charge in [0.1, 0.15) is 15.8 Å². The summed E-state index contributed by atoms with van der Waals surface area (Å²) in [5.41, 5.74) is 0.592. The van der Waals surface area contributed by atoms with Gasteiger partial charge in [-0.1, -0.05) is 48.9 Å². The van der Waals surface area contributed by atoms with Gasteiger partial charge in [-0.3, -0.25) is 0 Å². The fourth-order valence-electron chi connectivity index (χ4n) is 1.57. The molecule has 0 saturated carbocycles. The first-order chi connectivity index (χ1) is 9.08. The lowest BCUT2D eigenvalue weighted by molar-refractivity contribution is 0.550. The van der Waals surface area contributed by atoms with Gasteiger partial charge in [0.05, 0.1) is 5.02 Å². The summed E-state index contributed by atoms with van der Waals surface area (Å²) >= 11 is 7.36. The minimum atomic E-state index is -0.436. The fraction of sp³-hybridized carbons (Fsp3) is 0.385. The Kier molecular flexibility index (Phi) is 4.85. The maximum Gasteiger partial charge on any atom is 0.149 e. The summed E-state index contributed by atoms with van der Waals surface area (Å²) in [6, 6.07) is 4.70. The summed E-state index contributed by atoms with van der Waals surface area (Å²) in [6.07, 6.45) is 0. The molecule has 1 heterocycles. The van der Waals surface area contributed by atoms with Gasteiger partial charge in [0.25, 0.3) is 0 Å². The monoisotopic (exact) mass is 299 g/mol. The van der Waals surface area contributed by atoms with E-state index >= 15 is 0 Å². The first-order valence-corrected chi connectivity index (χ1v) is 7.25. The van der Waals surface area contributed by atoms with Crippen LogP contribution in [0.4, 0.5) is 4.39 Å². The molecule has 0 spiro atoms. The summed E-state index contributed by atoms with van der Waals surface area (Å²) in [7, 11) is 0. The lowest BCUT2D eigenvalue weighted by Gasteiger charge is -2.04. The topological polar surface area (TPSA) is 37.8 Å². The maximum absolute atomic E-state index is 13.4. The van der Waals surface area contributed by atoms with E-state index in [1.165, 1.54) is 17.4 Å². The Morgan fingerprint density at radius 3 is 2.89 bits per heavy atom. The van der Waals surface area contributed by atoms with Gasteiger partial charge >= 0.3 is 0 Å². The highest BCUT2D eigenvalue weighted by atomic mass is 35.5. The number of halogens is 2. The molecule has 3 nitrogen and oxygen atoms in total. The number of nitrogens with zero attached hydrogens (tertiary/aromatic N) is 2. The minimum Gasteiger partial charge on any atom is -0.310 e. The van der Waals surface area contributed by atoms with E-state index in [-0.39, 0.29) is 5.02 Å². The molecule has 6 heteroatoms. The molecule has 102 valence electrons. The number of rotatable bonds is 5. The normalized spacial score (nSPS) is 11.2. The number of aromatic nitrogens is 2. The molecule has 0 radical (unpaired) electrons. The van der Waals surface area contributed by atoms with Crippen LogP contribution in [-0.2, 0) is 6.54 Å². The molecule has 0 atom stereocenters. The highest BCUT2D eigenvalue weighted by Crippen LogP contribution is 2.31. The van der Waals surface area contributed by atoms with E-state index < -0.39 is 5.82 Å². The summed E-state index contributed by atoms with van der Waals surface area (Å²) in [5.74, 6) is 0.152. The van der Waals surface area contributed by atoms with E-state index in [0.717, 1.165) is 11.6 Å². The maximum atomic E-state index is 13.4. The smallest absolute Gasteiger partial charge is 0.149 e. The van der Waals surface area contributed by atoms with Crippen molar-refractivity contribution in [3.63, 3.8) is 0 Å². The molecule has 2 aromatic rings. The van der Waals surface area contributed by atoms with Gasteiger partial charge in [-0.25, -0.2) is 4.39 Å². The predicted molar refractivity (Wildman–Crippen MR) is 76.9 cm³/mol. The lowest BCUT2D eigenvalue weighted by Crippen LogP contribution is -2.18. The van der Waals surface area contributed by atoms with Gasteiger partial charge < -0.3 is 5.32 Å². The summed E-state index contributed by atoms with van der Waals surface area (Å²) in [6.45, 7) is 5.88. The summed E-state index contributed by atoms with van der Waals surface area (Å²) in [4.78, 5) is 0. The van der Waals surface area contributed by atoms with Crippen molar-refractivity contribution in [3.05, 3.63) is 34.0 Å². The highest BCUT2D eigenvalue weighted by molar-refractivity contribution is 7.14. The molecule has 0 amide bonds. The molecule has 1 aromatic carbocycles. The zero-order valence-corrected chi connectivity index (χ0v) is 12.4. The molecule has 0 aliphatic heterocycles. The molecule has 1 N–H and O–H groups in total. The fourth-order valence-corrected chi connectivity index (χ4v) is 2.68. The molecule has 2 rings (SSSR count). The van der Waals surface area contributed by atoms with Crippen LogP contribution in [0.2, 0.25) is 5.02 Å². The Balaban J connectivity index is 2.10. The quantitative estimate of drug-likeness (QED) is 0.914. The van der Waals surface area contributed by atoms with E-state index in [1.54, 1.807) is 12.1 Å². The molecule has 0 saturated heterocycles. The Labute approximate surface area is 120 Å². The average molecular weight is 300 g/mol. The molecule has 0 fully saturated rings. The van der Waals surface area contributed by atoms with Crippen LogP contribution < -0.4 is 5.32 Å². The molecule has 19 heavy (non-hydrogen) atoms. The van der Waals surface area contributed by atoms with Crippen LogP contribution in [0.5, 0.6) is 0 Å². The van der Waals surface area contributed by atoms with E-state index in [2.05, 4.69) is 29.4 Å². The van der Waals surface area contributed by atoms with Gasteiger partial charge in [-0.2, -0.15) is 0 Å². The van der Waals surface area contributed by atoms with Gasteiger partial charge in [-0.15, -0.1) is 10.2 Å². The van der Waals surface area contributed by atoms with E-state index in [9.17, 15) is 4.39 Å². The summed E-state index contributed by atoms with van der Waals surface area (Å²) in [5, 5.41) is 13.1. The number of nitrogens with one attached hydrogen (secondary N) is 1. The third-order valence-corrected chi connectivity index (χ3v) is 3.82. The number of hydrogen-bond acceptors (Lipinski definition) is 4. The van der Waals surface area contributed by atoms with Gasteiger partial charge in [0.2, 0.25) is 0 Å². The molecular weight excluding hydrogens is 285 g/mol. The van der Waals surface area contributed by atoms with Crippen molar-refractivity contribution in [1.29, 1.82) is 0 Å². The second-order valence-corrected chi connectivity index (χ2v) is 6.07. The molecule has 0 bridgehead atoms. The molecule has 0 aliphatic carbocycles. The SMILES string of the molecule is CC(C)CNCc1nnc(-c2cccc(F)c2Cl)s1. The molecular formula is C13H15ClFN3S. The Morgan fingerprint density at radius 1 is 1.37 bits per heavy atom. The van der Waals surface area contributed by atoms with Crippen molar-refractivity contribution < 1.29 is 4.39 Å². The third kappa shape index (κ3) is 3.72. The van der Waals surface area contributed by atoms with Crippen molar-refractivity contribution in [2.45, 2.75) is 20.4 Å². The first kappa shape index (κ1) is 14.4. The van der Waals surface area contributed by atoms with E-state index in [0.29, 0.717) is 23.0 Å². The van der Waals surface area contributed by atoms with Crippen LogP contribution in [0.1, 0.15) is 18.9 Å². The van der Waals surface area contributed by atoms with Crippen molar-refractivity contribution in [1.82, 2.24) is 15.5 Å². The molecule has 0 unspecified atom stereocenters. The largest absolute Gasteiger partial charge is 0.310 e. The van der Waals surface area contributed by atoms with E-state index in [4.69, 9.17) is 11.6 Å².